The van der Waals surface area contributed by atoms with Crippen LogP contribution < -0.4 is 14.4 Å². The van der Waals surface area contributed by atoms with Crippen molar-refractivity contribution in [3.8, 4) is 11.5 Å². The van der Waals surface area contributed by atoms with Gasteiger partial charge >= 0.3 is 5.97 Å². The van der Waals surface area contributed by atoms with Gasteiger partial charge in [0.15, 0.2) is 6.61 Å². The molecule has 1 aliphatic rings. The highest BCUT2D eigenvalue weighted by Gasteiger charge is 2.36. The van der Waals surface area contributed by atoms with Crippen molar-refractivity contribution in [3.63, 3.8) is 0 Å². The third-order valence-corrected chi connectivity index (χ3v) is 5.18. The van der Waals surface area contributed by atoms with E-state index in [9.17, 15) is 19.2 Å². The van der Waals surface area contributed by atoms with Crippen molar-refractivity contribution < 1.29 is 33.4 Å². The lowest BCUT2D eigenvalue weighted by atomic mass is 10.1. The summed E-state index contributed by atoms with van der Waals surface area (Å²) in [6.45, 7) is -0.515. The molecule has 0 saturated heterocycles. The van der Waals surface area contributed by atoms with Crippen molar-refractivity contribution in [1.29, 1.82) is 0 Å². The van der Waals surface area contributed by atoms with Gasteiger partial charge in [-0.05, 0) is 42.5 Å². The molecule has 3 aromatic carbocycles. The van der Waals surface area contributed by atoms with Crippen LogP contribution in [-0.2, 0) is 4.74 Å². The van der Waals surface area contributed by atoms with Gasteiger partial charge in [-0.15, -0.1) is 0 Å². The molecule has 0 aromatic heterocycles. The lowest BCUT2D eigenvalue weighted by Gasteiger charge is -2.15. The summed E-state index contributed by atoms with van der Waals surface area (Å²) in [6.07, 6.45) is 0. The Morgan fingerprint density at radius 1 is 0.818 bits per heavy atom. The van der Waals surface area contributed by atoms with Gasteiger partial charge in [-0.2, -0.15) is 0 Å². The Morgan fingerprint density at radius 3 is 2.15 bits per heavy atom. The summed E-state index contributed by atoms with van der Waals surface area (Å²) in [7, 11) is 2.91. The molecule has 0 aliphatic carbocycles. The molecule has 1 aliphatic heterocycles. The summed E-state index contributed by atoms with van der Waals surface area (Å²) < 4.78 is 15.5. The van der Waals surface area contributed by atoms with Gasteiger partial charge in [-0.3, -0.25) is 14.4 Å². The molecular weight excluding hydrogens is 426 g/mol. The predicted molar refractivity (Wildman–Crippen MR) is 118 cm³/mol. The van der Waals surface area contributed by atoms with E-state index in [-0.39, 0.29) is 16.8 Å². The largest absolute Gasteiger partial charge is 0.497 e. The number of ether oxygens (including phenoxy) is 3. The van der Waals surface area contributed by atoms with Crippen LogP contribution in [0.2, 0.25) is 0 Å². The molecule has 0 saturated carbocycles. The van der Waals surface area contributed by atoms with Gasteiger partial charge in [0.05, 0.1) is 42.2 Å². The second-order valence-corrected chi connectivity index (χ2v) is 7.11. The number of rotatable bonds is 7. The molecule has 0 spiro atoms. The van der Waals surface area contributed by atoms with Crippen LogP contribution in [-0.4, -0.2) is 44.4 Å². The van der Waals surface area contributed by atoms with Gasteiger partial charge < -0.3 is 14.2 Å². The molecule has 0 unspecified atom stereocenters. The molecule has 166 valence electrons. The van der Waals surface area contributed by atoms with Gasteiger partial charge in [0, 0.05) is 6.07 Å². The maximum absolute atomic E-state index is 12.7. The fraction of sp³-hybridized carbons (Fsp3) is 0.120. The zero-order valence-corrected chi connectivity index (χ0v) is 17.9. The molecule has 0 N–H and O–H groups in total. The van der Waals surface area contributed by atoms with Crippen molar-refractivity contribution in [2.75, 3.05) is 25.7 Å². The molecule has 3 aromatic rings. The first-order valence-corrected chi connectivity index (χ1v) is 9.95. The molecule has 0 atom stereocenters. The SMILES string of the molecule is COc1ccc(C(=O)COC(=O)c2cccc(N3C(=O)c4ccccc4C3=O)c2)c(OC)c1. The number of esters is 1. The predicted octanol–water partition coefficient (Wildman–Crippen LogP) is 3.54. The molecule has 0 fully saturated rings. The highest BCUT2D eigenvalue weighted by atomic mass is 16.5. The zero-order valence-electron chi connectivity index (χ0n) is 17.9. The maximum Gasteiger partial charge on any atom is 0.338 e. The molecule has 8 nitrogen and oxygen atoms in total. The smallest absolute Gasteiger partial charge is 0.338 e. The Morgan fingerprint density at radius 2 is 1.52 bits per heavy atom. The standard InChI is InChI=1S/C25H19NO7/c1-31-17-10-11-20(22(13-17)32-2)21(27)14-33-25(30)15-6-5-7-16(12-15)26-23(28)18-8-3-4-9-19(18)24(26)29/h3-13H,14H2,1-2H3. The van der Waals surface area contributed by atoms with Gasteiger partial charge in [-0.25, -0.2) is 9.69 Å². The Hall–Kier alpha value is -4.46. The minimum absolute atomic E-state index is 0.0959. The van der Waals surface area contributed by atoms with E-state index < -0.39 is 30.2 Å². The summed E-state index contributed by atoms with van der Waals surface area (Å²) in [5.74, 6) is -1.35. The highest BCUT2D eigenvalue weighted by molar-refractivity contribution is 6.34. The van der Waals surface area contributed by atoms with Crippen molar-refractivity contribution in [3.05, 3.63) is 89.0 Å². The average Bonchev–Trinajstić information content (AvgIpc) is 3.11. The van der Waals surface area contributed by atoms with Crippen LogP contribution in [0.3, 0.4) is 0 Å². The number of fused-ring (bicyclic) bond motifs is 1. The Balaban J connectivity index is 1.49. The van der Waals surface area contributed by atoms with Crippen LogP contribution in [0.25, 0.3) is 0 Å². The van der Waals surface area contributed by atoms with Crippen molar-refractivity contribution in [2.24, 2.45) is 0 Å². The number of anilines is 1. The minimum Gasteiger partial charge on any atom is -0.497 e. The summed E-state index contributed by atoms with van der Waals surface area (Å²) in [4.78, 5) is 51.5. The molecule has 33 heavy (non-hydrogen) atoms. The number of carbonyl (C=O) groups is 4. The van der Waals surface area contributed by atoms with E-state index in [2.05, 4.69) is 0 Å². The summed E-state index contributed by atoms with van der Waals surface area (Å²) in [5.41, 5.74) is 1.17. The zero-order chi connectivity index (χ0) is 23.5. The van der Waals surface area contributed by atoms with Crippen molar-refractivity contribution in [2.45, 2.75) is 0 Å². The number of methoxy groups -OCH3 is 2. The number of nitrogens with zero attached hydrogens (tertiary/aromatic N) is 1. The first-order valence-electron chi connectivity index (χ1n) is 9.95. The van der Waals surface area contributed by atoms with Crippen LogP contribution in [0, 0.1) is 0 Å². The average molecular weight is 445 g/mol. The van der Waals surface area contributed by atoms with E-state index >= 15 is 0 Å². The van der Waals surface area contributed by atoms with Crippen LogP contribution in [0.5, 0.6) is 11.5 Å². The molecule has 8 heteroatoms. The second kappa shape index (κ2) is 8.96. The number of ketones is 1. The Bertz CT molecular complexity index is 1250. The Kier molecular flexibility index (Phi) is 5.91. The third-order valence-electron chi connectivity index (χ3n) is 5.18. The van der Waals surface area contributed by atoms with E-state index in [1.165, 1.54) is 38.5 Å². The molecule has 1 heterocycles. The molecular formula is C25H19NO7. The quantitative estimate of drug-likeness (QED) is 0.312. The van der Waals surface area contributed by atoms with Crippen molar-refractivity contribution >= 4 is 29.3 Å². The molecule has 2 amide bonds. The summed E-state index contributed by atoms with van der Waals surface area (Å²) in [5, 5.41) is 0. The molecule has 4 rings (SSSR count). The lowest BCUT2D eigenvalue weighted by molar-refractivity contribution is 0.0473. The first-order chi connectivity index (χ1) is 15.9. The van der Waals surface area contributed by atoms with Gasteiger partial charge in [0.25, 0.3) is 11.8 Å². The Labute approximate surface area is 189 Å². The minimum atomic E-state index is -0.769. The maximum atomic E-state index is 12.7. The van der Waals surface area contributed by atoms with E-state index in [1.54, 1.807) is 42.5 Å². The van der Waals surface area contributed by atoms with Crippen LogP contribution in [0.4, 0.5) is 5.69 Å². The fourth-order valence-corrected chi connectivity index (χ4v) is 3.52. The van der Waals surface area contributed by atoms with E-state index in [0.29, 0.717) is 22.6 Å². The number of carbonyl (C=O) groups excluding carboxylic acids is 4. The van der Waals surface area contributed by atoms with Gasteiger partial charge in [-0.1, -0.05) is 18.2 Å². The monoisotopic (exact) mass is 445 g/mol. The van der Waals surface area contributed by atoms with Crippen LogP contribution in [0.15, 0.2) is 66.7 Å². The second-order valence-electron chi connectivity index (χ2n) is 7.11. The van der Waals surface area contributed by atoms with Crippen LogP contribution >= 0.6 is 0 Å². The van der Waals surface area contributed by atoms with Gasteiger partial charge in [0.2, 0.25) is 5.78 Å². The molecule has 0 bridgehead atoms. The number of hydrogen-bond acceptors (Lipinski definition) is 7. The summed E-state index contributed by atoms with van der Waals surface area (Å²) in [6, 6.07) is 17.1. The van der Waals surface area contributed by atoms with E-state index in [1.807, 2.05) is 0 Å². The first kappa shape index (κ1) is 21.8. The number of hydrogen-bond donors (Lipinski definition) is 0. The fourth-order valence-electron chi connectivity index (χ4n) is 3.52. The topological polar surface area (TPSA) is 99.2 Å². The lowest BCUT2D eigenvalue weighted by Crippen LogP contribution is -2.29. The number of imide groups is 1. The number of amides is 2. The number of benzene rings is 3. The van der Waals surface area contributed by atoms with Gasteiger partial charge in [0.1, 0.15) is 11.5 Å². The summed E-state index contributed by atoms with van der Waals surface area (Å²) >= 11 is 0. The molecule has 0 radical (unpaired) electrons. The van der Waals surface area contributed by atoms with Crippen LogP contribution in [0.1, 0.15) is 41.4 Å². The normalized spacial score (nSPS) is 12.4. The van der Waals surface area contributed by atoms with Crippen molar-refractivity contribution in [1.82, 2.24) is 0 Å². The third kappa shape index (κ3) is 4.06. The van der Waals surface area contributed by atoms with E-state index in [0.717, 1.165) is 4.90 Å². The van der Waals surface area contributed by atoms with E-state index in [4.69, 9.17) is 14.2 Å². The highest BCUT2D eigenvalue weighted by Crippen LogP contribution is 2.29. The number of Topliss-reactive ketones (excluding diaryl/α,β-unsaturated/α-hetero) is 1.